The summed E-state index contributed by atoms with van der Waals surface area (Å²) < 4.78 is 18.3. The van der Waals surface area contributed by atoms with E-state index in [1.807, 2.05) is 30.3 Å². The Morgan fingerprint density at radius 3 is 2.19 bits per heavy atom. The molecule has 0 saturated heterocycles. The van der Waals surface area contributed by atoms with E-state index in [9.17, 15) is 4.39 Å². The van der Waals surface area contributed by atoms with Gasteiger partial charge in [-0.2, -0.15) is 0 Å². The van der Waals surface area contributed by atoms with Crippen LogP contribution in [0.4, 0.5) is 4.39 Å². The van der Waals surface area contributed by atoms with E-state index in [0.29, 0.717) is 0 Å². The van der Waals surface area contributed by atoms with Gasteiger partial charge in [0.1, 0.15) is 0 Å². The second kappa shape index (κ2) is 4.58. The second-order valence-corrected chi connectivity index (χ2v) is 3.91. The van der Waals surface area contributed by atoms with E-state index in [4.69, 9.17) is 4.74 Å². The zero-order chi connectivity index (χ0) is 11.5. The van der Waals surface area contributed by atoms with Crippen LogP contribution in [-0.2, 0) is 0 Å². The van der Waals surface area contributed by atoms with E-state index < -0.39 is 0 Å². The molecule has 16 heavy (non-hydrogen) atoms. The lowest BCUT2D eigenvalue weighted by Gasteiger charge is -2.05. The van der Waals surface area contributed by atoms with Gasteiger partial charge in [0.05, 0.1) is 7.11 Å². The summed E-state index contributed by atoms with van der Waals surface area (Å²) in [5.41, 5.74) is 1.78. The Kier molecular flexibility index (Phi) is 3.15. The number of methoxy groups -OCH3 is 1. The van der Waals surface area contributed by atoms with Crippen molar-refractivity contribution in [1.82, 2.24) is 0 Å². The summed E-state index contributed by atoms with van der Waals surface area (Å²) in [5, 5.41) is 0. The van der Waals surface area contributed by atoms with Gasteiger partial charge in [0.2, 0.25) is 0 Å². The molecule has 0 bridgehead atoms. The third kappa shape index (κ3) is 2.19. The van der Waals surface area contributed by atoms with Gasteiger partial charge in [-0.25, -0.2) is 4.39 Å². The lowest BCUT2D eigenvalue weighted by atomic mass is 10.1. The molecular formula is C13H11FOS. The van der Waals surface area contributed by atoms with Crippen molar-refractivity contribution in [3.63, 3.8) is 0 Å². The first-order chi connectivity index (χ1) is 7.70. The van der Waals surface area contributed by atoms with Gasteiger partial charge in [-0.15, -0.1) is 12.6 Å². The molecule has 0 aliphatic rings. The number of rotatable bonds is 2. The number of hydrogen-bond donors (Lipinski definition) is 1. The highest BCUT2D eigenvalue weighted by Gasteiger charge is 2.04. The molecule has 0 aromatic heterocycles. The van der Waals surface area contributed by atoms with Gasteiger partial charge in [-0.05, 0) is 35.4 Å². The monoisotopic (exact) mass is 234 g/mol. The Bertz CT molecular complexity index is 494. The van der Waals surface area contributed by atoms with E-state index in [2.05, 4.69) is 12.6 Å². The van der Waals surface area contributed by atoms with Crippen molar-refractivity contribution in [3.05, 3.63) is 48.3 Å². The number of thiol groups is 1. The van der Waals surface area contributed by atoms with Crippen LogP contribution >= 0.6 is 12.6 Å². The first kappa shape index (κ1) is 11.0. The molecule has 0 fully saturated rings. The average molecular weight is 234 g/mol. The highest BCUT2D eigenvalue weighted by molar-refractivity contribution is 7.80. The molecule has 82 valence electrons. The molecule has 0 saturated carbocycles. The Balaban J connectivity index is 2.41. The van der Waals surface area contributed by atoms with Crippen LogP contribution < -0.4 is 4.74 Å². The van der Waals surface area contributed by atoms with Crippen LogP contribution in [0.5, 0.6) is 5.75 Å². The smallest absolute Gasteiger partial charge is 0.165 e. The molecule has 2 rings (SSSR count). The molecule has 1 nitrogen and oxygen atoms in total. The van der Waals surface area contributed by atoms with Crippen molar-refractivity contribution in [3.8, 4) is 16.9 Å². The second-order valence-electron chi connectivity index (χ2n) is 3.40. The molecule has 0 aliphatic heterocycles. The summed E-state index contributed by atoms with van der Waals surface area (Å²) in [7, 11) is 1.45. The quantitative estimate of drug-likeness (QED) is 0.778. The number of benzene rings is 2. The van der Waals surface area contributed by atoms with Gasteiger partial charge < -0.3 is 4.74 Å². The standard InChI is InChI=1S/C13H11FOS/c1-15-13-7-4-10(8-12(13)14)9-2-5-11(16)6-3-9/h2-8,16H,1H3. The lowest BCUT2D eigenvalue weighted by molar-refractivity contribution is 0.386. The minimum atomic E-state index is -0.352. The molecule has 0 unspecified atom stereocenters. The Morgan fingerprint density at radius 1 is 1.00 bits per heavy atom. The molecular weight excluding hydrogens is 223 g/mol. The number of ether oxygens (including phenoxy) is 1. The van der Waals surface area contributed by atoms with Gasteiger partial charge >= 0.3 is 0 Å². The van der Waals surface area contributed by atoms with Crippen LogP contribution in [0, 0.1) is 5.82 Å². The molecule has 0 spiro atoms. The van der Waals surface area contributed by atoms with Gasteiger partial charge in [0, 0.05) is 4.90 Å². The maximum atomic E-state index is 13.5. The summed E-state index contributed by atoms with van der Waals surface area (Å²) in [4.78, 5) is 0.887. The fourth-order valence-corrected chi connectivity index (χ4v) is 1.65. The summed E-state index contributed by atoms with van der Waals surface area (Å²) in [6, 6.07) is 12.5. The summed E-state index contributed by atoms with van der Waals surface area (Å²) in [5.74, 6) is -0.0930. The summed E-state index contributed by atoms with van der Waals surface area (Å²) >= 11 is 4.20. The third-order valence-electron chi connectivity index (χ3n) is 2.35. The van der Waals surface area contributed by atoms with Crippen molar-refractivity contribution in [2.75, 3.05) is 7.11 Å². The van der Waals surface area contributed by atoms with Gasteiger partial charge in [0.25, 0.3) is 0 Å². The van der Waals surface area contributed by atoms with E-state index >= 15 is 0 Å². The first-order valence-corrected chi connectivity index (χ1v) is 5.28. The van der Waals surface area contributed by atoms with E-state index in [0.717, 1.165) is 16.0 Å². The van der Waals surface area contributed by atoms with Crippen LogP contribution in [0.25, 0.3) is 11.1 Å². The molecule has 0 N–H and O–H groups in total. The fraction of sp³-hybridized carbons (Fsp3) is 0.0769. The maximum absolute atomic E-state index is 13.5. The summed E-state index contributed by atoms with van der Waals surface area (Å²) in [6.07, 6.45) is 0. The Hall–Kier alpha value is -1.48. The fourth-order valence-electron chi connectivity index (χ4n) is 1.50. The van der Waals surface area contributed by atoms with Crippen molar-refractivity contribution in [2.24, 2.45) is 0 Å². The van der Waals surface area contributed by atoms with Crippen LogP contribution in [0.3, 0.4) is 0 Å². The first-order valence-electron chi connectivity index (χ1n) is 4.83. The molecule has 0 radical (unpaired) electrons. The molecule has 0 aliphatic carbocycles. The Labute approximate surface area is 99.3 Å². The predicted molar refractivity (Wildman–Crippen MR) is 65.6 cm³/mol. The van der Waals surface area contributed by atoms with Crippen LogP contribution in [0.2, 0.25) is 0 Å². The Morgan fingerprint density at radius 2 is 1.62 bits per heavy atom. The minimum absolute atomic E-state index is 0.259. The average Bonchev–Trinajstić information content (AvgIpc) is 2.30. The number of halogens is 1. The highest BCUT2D eigenvalue weighted by atomic mass is 32.1. The van der Waals surface area contributed by atoms with Crippen molar-refractivity contribution < 1.29 is 9.13 Å². The zero-order valence-corrected chi connectivity index (χ0v) is 9.67. The number of hydrogen-bond acceptors (Lipinski definition) is 2. The van der Waals surface area contributed by atoms with Crippen LogP contribution in [-0.4, -0.2) is 7.11 Å². The largest absolute Gasteiger partial charge is 0.494 e. The minimum Gasteiger partial charge on any atom is -0.494 e. The van der Waals surface area contributed by atoms with Crippen molar-refractivity contribution >= 4 is 12.6 Å². The maximum Gasteiger partial charge on any atom is 0.165 e. The van der Waals surface area contributed by atoms with E-state index in [1.165, 1.54) is 13.2 Å². The zero-order valence-electron chi connectivity index (χ0n) is 8.77. The van der Waals surface area contributed by atoms with E-state index in [-0.39, 0.29) is 11.6 Å². The van der Waals surface area contributed by atoms with Crippen LogP contribution in [0.15, 0.2) is 47.4 Å². The molecule has 3 heteroatoms. The normalized spacial score (nSPS) is 10.2. The molecule has 2 aromatic rings. The van der Waals surface area contributed by atoms with E-state index in [1.54, 1.807) is 6.07 Å². The van der Waals surface area contributed by atoms with Gasteiger partial charge in [-0.1, -0.05) is 18.2 Å². The molecule has 0 heterocycles. The summed E-state index contributed by atoms with van der Waals surface area (Å²) in [6.45, 7) is 0. The third-order valence-corrected chi connectivity index (χ3v) is 2.65. The predicted octanol–water partition coefficient (Wildman–Crippen LogP) is 3.79. The lowest BCUT2D eigenvalue weighted by Crippen LogP contribution is -1.88. The van der Waals surface area contributed by atoms with Crippen LogP contribution in [0.1, 0.15) is 0 Å². The topological polar surface area (TPSA) is 9.23 Å². The molecule has 0 amide bonds. The van der Waals surface area contributed by atoms with Gasteiger partial charge in [0.15, 0.2) is 11.6 Å². The van der Waals surface area contributed by atoms with Gasteiger partial charge in [-0.3, -0.25) is 0 Å². The molecule has 2 aromatic carbocycles. The SMILES string of the molecule is COc1ccc(-c2ccc(S)cc2)cc1F. The van der Waals surface area contributed by atoms with Crippen molar-refractivity contribution in [1.29, 1.82) is 0 Å². The highest BCUT2D eigenvalue weighted by Crippen LogP contribution is 2.26. The van der Waals surface area contributed by atoms with Crippen molar-refractivity contribution in [2.45, 2.75) is 4.90 Å². The molecule has 0 atom stereocenters.